The summed E-state index contributed by atoms with van der Waals surface area (Å²) >= 11 is 0. The minimum Gasteiger partial charge on any atom is -0.494 e. The van der Waals surface area contributed by atoms with Crippen molar-refractivity contribution in [3.63, 3.8) is 0 Å². The number of benzene rings is 1. The number of unbranched alkanes of at least 4 members (excludes halogenated alkanes) is 1. The molecule has 0 atom stereocenters. The van der Waals surface area contributed by atoms with E-state index in [1.54, 1.807) is 0 Å². The zero-order chi connectivity index (χ0) is 17.3. The number of carbonyl (C=O) groups is 1. The van der Waals surface area contributed by atoms with E-state index in [1.165, 1.54) is 0 Å². The highest BCUT2D eigenvalue weighted by Crippen LogP contribution is 2.22. The van der Waals surface area contributed by atoms with Crippen LogP contribution in [0.4, 0.5) is 0 Å². The van der Waals surface area contributed by atoms with Crippen molar-refractivity contribution < 1.29 is 19.0 Å². The van der Waals surface area contributed by atoms with Crippen LogP contribution in [0.3, 0.4) is 0 Å². The molecule has 138 valence electrons. The molecule has 0 amide bonds. The second-order valence-electron chi connectivity index (χ2n) is 6.78. The van der Waals surface area contributed by atoms with E-state index in [0.29, 0.717) is 13.2 Å². The lowest BCUT2D eigenvalue weighted by atomic mass is 9.91. The predicted octanol–water partition coefficient (Wildman–Crippen LogP) is 2.79. The first-order valence-corrected chi connectivity index (χ1v) is 9.48. The third kappa shape index (κ3) is 5.80. The van der Waals surface area contributed by atoms with Crippen LogP contribution in [-0.4, -0.2) is 63.4 Å². The van der Waals surface area contributed by atoms with E-state index in [2.05, 4.69) is 4.90 Å². The van der Waals surface area contributed by atoms with Gasteiger partial charge in [0.15, 0.2) is 5.78 Å². The van der Waals surface area contributed by atoms with Gasteiger partial charge >= 0.3 is 0 Å². The number of ether oxygens (including phenoxy) is 3. The van der Waals surface area contributed by atoms with Crippen molar-refractivity contribution in [1.29, 1.82) is 0 Å². The van der Waals surface area contributed by atoms with Gasteiger partial charge in [-0.15, -0.1) is 0 Å². The van der Waals surface area contributed by atoms with Crippen molar-refractivity contribution in [2.24, 2.45) is 5.92 Å². The summed E-state index contributed by atoms with van der Waals surface area (Å²) in [7, 11) is 0. The van der Waals surface area contributed by atoms with Crippen LogP contribution in [0.5, 0.6) is 5.75 Å². The summed E-state index contributed by atoms with van der Waals surface area (Å²) in [6, 6.07) is 7.60. The highest BCUT2D eigenvalue weighted by molar-refractivity contribution is 5.98. The smallest absolute Gasteiger partial charge is 0.166 e. The Labute approximate surface area is 150 Å². The van der Waals surface area contributed by atoms with Crippen molar-refractivity contribution in [3.05, 3.63) is 29.8 Å². The second kappa shape index (κ2) is 9.90. The van der Waals surface area contributed by atoms with E-state index in [0.717, 1.165) is 76.5 Å². The summed E-state index contributed by atoms with van der Waals surface area (Å²) in [5, 5.41) is 0. The molecule has 2 aliphatic heterocycles. The van der Waals surface area contributed by atoms with E-state index in [4.69, 9.17) is 14.2 Å². The molecule has 0 bridgehead atoms. The lowest BCUT2D eigenvalue weighted by molar-refractivity contribution is 0.0368. The average molecular weight is 347 g/mol. The summed E-state index contributed by atoms with van der Waals surface area (Å²) in [6.45, 7) is 7.03. The molecular weight excluding hydrogens is 318 g/mol. The van der Waals surface area contributed by atoms with Crippen molar-refractivity contribution in [2.75, 3.05) is 52.7 Å². The third-order valence-electron chi connectivity index (χ3n) is 4.97. The topological polar surface area (TPSA) is 48.0 Å². The summed E-state index contributed by atoms with van der Waals surface area (Å²) in [5.41, 5.74) is 0.784. The van der Waals surface area contributed by atoms with Gasteiger partial charge in [-0.3, -0.25) is 9.69 Å². The minimum atomic E-state index is 0.112. The molecule has 2 aliphatic rings. The molecule has 2 saturated heterocycles. The van der Waals surface area contributed by atoms with Crippen molar-refractivity contribution in [3.8, 4) is 5.75 Å². The zero-order valence-corrected chi connectivity index (χ0v) is 15.0. The number of carbonyl (C=O) groups excluding carboxylic acids is 1. The Hall–Kier alpha value is -1.43. The second-order valence-corrected chi connectivity index (χ2v) is 6.78. The number of rotatable bonds is 8. The van der Waals surface area contributed by atoms with Crippen LogP contribution in [0, 0.1) is 5.92 Å². The Morgan fingerprint density at radius 1 is 1.00 bits per heavy atom. The van der Waals surface area contributed by atoms with Crippen molar-refractivity contribution >= 4 is 5.78 Å². The Bertz CT molecular complexity index is 519. The molecule has 0 radical (unpaired) electrons. The van der Waals surface area contributed by atoms with Crippen LogP contribution in [-0.2, 0) is 9.47 Å². The van der Waals surface area contributed by atoms with E-state index in [-0.39, 0.29) is 11.7 Å². The third-order valence-corrected chi connectivity index (χ3v) is 4.97. The monoisotopic (exact) mass is 347 g/mol. The maximum atomic E-state index is 12.5. The molecule has 2 heterocycles. The fourth-order valence-electron chi connectivity index (χ4n) is 3.36. The van der Waals surface area contributed by atoms with E-state index < -0.39 is 0 Å². The molecule has 3 rings (SSSR count). The summed E-state index contributed by atoms with van der Waals surface area (Å²) in [6.07, 6.45) is 3.85. The van der Waals surface area contributed by atoms with Gasteiger partial charge in [-0.25, -0.2) is 0 Å². The van der Waals surface area contributed by atoms with Crippen molar-refractivity contribution in [2.45, 2.75) is 25.7 Å². The maximum Gasteiger partial charge on any atom is 0.166 e. The van der Waals surface area contributed by atoms with E-state index in [1.807, 2.05) is 24.3 Å². The average Bonchev–Trinajstić information content (AvgIpc) is 2.69. The Kier molecular flexibility index (Phi) is 7.27. The van der Waals surface area contributed by atoms with Crippen LogP contribution in [0.25, 0.3) is 0 Å². The molecule has 0 spiro atoms. The number of nitrogens with zero attached hydrogens (tertiary/aromatic N) is 1. The molecule has 5 nitrogen and oxygen atoms in total. The Balaban J connectivity index is 1.35. The highest BCUT2D eigenvalue weighted by atomic mass is 16.5. The fraction of sp³-hybridized carbons (Fsp3) is 0.650. The predicted molar refractivity (Wildman–Crippen MR) is 96.3 cm³/mol. The van der Waals surface area contributed by atoms with Gasteiger partial charge in [0.2, 0.25) is 0 Å². The lowest BCUT2D eigenvalue weighted by Gasteiger charge is -2.26. The number of hydrogen-bond donors (Lipinski definition) is 0. The first-order chi connectivity index (χ1) is 12.3. The standard InChI is InChI=1S/C20H29NO4/c22-20(18-7-13-23-14-8-18)17-3-5-19(6-4-17)25-12-2-1-9-21-10-15-24-16-11-21/h3-6,18H,1-2,7-16H2. The molecule has 2 fully saturated rings. The Morgan fingerprint density at radius 3 is 2.40 bits per heavy atom. The highest BCUT2D eigenvalue weighted by Gasteiger charge is 2.22. The van der Waals surface area contributed by atoms with E-state index in [9.17, 15) is 4.79 Å². The number of hydrogen-bond acceptors (Lipinski definition) is 5. The molecule has 5 heteroatoms. The van der Waals surface area contributed by atoms with Crippen LogP contribution in [0.15, 0.2) is 24.3 Å². The fourth-order valence-corrected chi connectivity index (χ4v) is 3.36. The number of ketones is 1. The zero-order valence-electron chi connectivity index (χ0n) is 15.0. The number of morpholine rings is 1. The first kappa shape index (κ1) is 18.4. The molecule has 25 heavy (non-hydrogen) atoms. The van der Waals surface area contributed by atoms with Gasteiger partial charge in [-0.1, -0.05) is 0 Å². The molecule has 0 aromatic heterocycles. The van der Waals surface area contributed by atoms with Gasteiger partial charge in [0.25, 0.3) is 0 Å². The molecule has 0 aliphatic carbocycles. The van der Waals surface area contributed by atoms with Gasteiger partial charge in [0.05, 0.1) is 19.8 Å². The summed E-state index contributed by atoms with van der Waals surface area (Å²) in [5.74, 6) is 1.19. The SMILES string of the molecule is O=C(c1ccc(OCCCCN2CCOCC2)cc1)C1CCOCC1. The van der Waals surface area contributed by atoms with Gasteiger partial charge in [0, 0.05) is 37.8 Å². The molecular formula is C20H29NO4. The molecule has 0 N–H and O–H groups in total. The number of Topliss-reactive ketones (excluding diaryl/α,β-unsaturated/α-hetero) is 1. The molecule has 1 aromatic rings. The maximum absolute atomic E-state index is 12.5. The van der Waals surface area contributed by atoms with E-state index >= 15 is 0 Å². The van der Waals surface area contributed by atoms with Crippen LogP contribution < -0.4 is 4.74 Å². The summed E-state index contributed by atoms with van der Waals surface area (Å²) in [4.78, 5) is 14.9. The van der Waals surface area contributed by atoms with Gasteiger partial charge in [-0.2, -0.15) is 0 Å². The van der Waals surface area contributed by atoms with Crippen LogP contribution in [0.1, 0.15) is 36.0 Å². The lowest BCUT2D eigenvalue weighted by Crippen LogP contribution is -2.36. The molecule has 0 saturated carbocycles. The minimum absolute atomic E-state index is 0.112. The van der Waals surface area contributed by atoms with Gasteiger partial charge in [0.1, 0.15) is 5.75 Å². The largest absolute Gasteiger partial charge is 0.494 e. The van der Waals surface area contributed by atoms with Gasteiger partial charge < -0.3 is 14.2 Å². The van der Waals surface area contributed by atoms with Gasteiger partial charge in [-0.05, 0) is 56.5 Å². The normalized spacial score (nSPS) is 19.7. The Morgan fingerprint density at radius 2 is 1.68 bits per heavy atom. The quantitative estimate of drug-likeness (QED) is 0.535. The van der Waals surface area contributed by atoms with Crippen LogP contribution in [0.2, 0.25) is 0 Å². The first-order valence-electron chi connectivity index (χ1n) is 9.48. The molecule has 1 aromatic carbocycles. The van der Waals surface area contributed by atoms with Crippen LogP contribution >= 0.6 is 0 Å². The summed E-state index contributed by atoms with van der Waals surface area (Å²) < 4.78 is 16.5. The van der Waals surface area contributed by atoms with Crippen molar-refractivity contribution in [1.82, 2.24) is 4.90 Å². The molecule has 0 unspecified atom stereocenters.